The van der Waals surface area contributed by atoms with Gasteiger partial charge in [0.15, 0.2) is 17.6 Å². The summed E-state index contributed by atoms with van der Waals surface area (Å²) in [6.45, 7) is 4.76. The highest BCUT2D eigenvalue weighted by molar-refractivity contribution is 6.03. The second kappa shape index (κ2) is 7.63. The van der Waals surface area contributed by atoms with Gasteiger partial charge in [0.2, 0.25) is 0 Å². The zero-order chi connectivity index (χ0) is 18.6. The normalized spacial score (nSPS) is 14.3. The molecule has 1 amide bonds. The number of aromatic nitrogens is 2. The summed E-state index contributed by atoms with van der Waals surface area (Å²) >= 11 is 0. The number of anilines is 2. The number of carbonyl (C=O) groups excluding carboxylic acids is 1. The van der Waals surface area contributed by atoms with E-state index >= 15 is 0 Å². The van der Waals surface area contributed by atoms with E-state index in [9.17, 15) is 4.79 Å². The molecule has 1 aliphatic rings. The minimum Gasteiger partial charge on any atom is -0.484 e. The predicted octanol–water partition coefficient (Wildman–Crippen LogP) is 2.39. The summed E-state index contributed by atoms with van der Waals surface area (Å²) in [5.41, 5.74) is 3.67. The molecule has 8 heteroatoms. The molecule has 4 rings (SSSR count). The first-order chi connectivity index (χ1) is 13.2. The molecule has 27 heavy (non-hydrogen) atoms. The molecule has 0 unspecified atom stereocenters. The quantitative estimate of drug-likeness (QED) is 0.739. The Balaban J connectivity index is 1.47. The Morgan fingerprint density at radius 1 is 1.19 bits per heavy atom. The average Bonchev–Trinajstić information content (AvgIpc) is 3.18. The van der Waals surface area contributed by atoms with Crippen molar-refractivity contribution in [3.63, 3.8) is 0 Å². The standard InChI is InChI=1S/C19H20N4O4/c1-13-3-2-4-14(11-13)26-12-17(24)20-15-5-6-16(19-18(15)21-27-22-19)23-7-9-25-10-8-23/h2-6,11H,7-10,12H2,1H3,(H,20,24). The second-order valence-corrected chi connectivity index (χ2v) is 6.35. The van der Waals surface area contributed by atoms with Crippen molar-refractivity contribution in [2.45, 2.75) is 6.92 Å². The number of carbonyl (C=O) groups is 1. The van der Waals surface area contributed by atoms with Crippen molar-refractivity contribution in [2.75, 3.05) is 43.1 Å². The Bertz CT molecular complexity index is 950. The van der Waals surface area contributed by atoms with Gasteiger partial charge in [-0.1, -0.05) is 12.1 Å². The van der Waals surface area contributed by atoms with E-state index in [0.29, 0.717) is 35.7 Å². The highest BCUT2D eigenvalue weighted by Crippen LogP contribution is 2.30. The fourth-order valence-corrected chi connectivity index (χ4v) is 3.05. The molecule has 1 fully saturated rings. The minimum atomic E-state index is -0.278. The van der Waals surface area contributed by atoms with Crippen molar-refractivity contribution in [1.82, 2.24) is 10.3 Å². The monoisotopic (exact) mass is 368 g/mol. The van der Waals surface area contributed by atoms with Crippen LogP contribution in [0.5, 0.6) is 5.75 Å². The van der Waals surface area contributed by atoms with Gasteiger partial charge in [0.25, 0.3) is 5.91 Å². The summed E-state index contributed by atoms with van der Waals surface area (Å²) < 4.78 is 15.9. The van der Waals surface area contributed by atoms with E-state index in [1.165, 1.54) is 0 Å². The van der Waals surface area contributed by atoms with Crippen molar-refractivity contribution in [3.05, 3.63) is 42.0 Å². The lowest BCUT2D eigenvalue weighted by Gasteiger charge is -2.28. The number of hydrogen-bond acceptors (Lipinski definition) is 7. The number of ether oxygens (including phenoxy) is 2. The average molecular weight is 368 g/mol. The van der Waals surface area contributed by atoms with E-state index in [2.05, 4.69) is 20.5 Å². The molecule has 2 heterocycles. The van der Waals surface area contributed by atoms with E-state index < -0.39 is 0 Å². The Labute approximate surface area is 156 Å². The molecule has 2 aromatic carbocycles. The van der Waals surface area contributed by atoms with Crippen LogP contribution in [0.25, 0.3) is 11.0 Å². The lowest BCUT2D eigenvalue weighted by atomic mass is 10.2. The maximum Gasteiger partial charge on any atom is 0.262 e. The molecule has 0 spiro atoms. The van der Waals surface area contributed by atoms with Crippen LogP contribution >= 0.6 is 0 Å². The summed E-state index contributed by atoms with van der Waals surface area (Å²) in [5.74, 6) is 0.376. The minimum absolute atomic E-state index is 0.0958. The summed E-state index contributed by atoms with van der Waals surface area (Å²) in [6.07, 6.45) is 0. The van der Waals surface area contributed by atoms with Gasteiger partial charge in [0.1, 0.15) is 5.75 Å². The van der Waals surface area contributed by atoms with Crippen LogP contribution in [0.4, 0.5) is 11.4 Å². The van der Waals surface area contributed by atoms with Gasteiger partial charge in [-0.3, -0.25) is 4.79 Å². The van der Waals surface area contributed by atoms with Gasteiger partial charge < -0.3 is 19.7 Å². The zero-order valence-corrected chi connectivity index (χ0v) is 15.0. The molecule has 3 aromatic rings. The number of nitrogens with zero attached hydrogens (tertiary/aromatic N) is 3. The molecule has 0 atom stereocenters. The molecule has 1 saturated heterocycles. The highest BCUT2D eigenvalue weighted by Gasteiger charge is 2.19. The number of hydrogen-bond donors (Lipinski definition) is 1. The van der Waals surface area contributed by atoms with Gasteiger partial charge >= 0.3 is 0 Å². The van der Waals surface area contributed by atoms with E-state index in [-0.39, 0.29) is 12.5 Å². The number of nitrogens with one attached hydrogen (secondary N) is 1. The summed E-state index contributed by atoms with van der Waals surface area (Å²) in [4.78, 5) is 14.5. The van der Waals surface area contributed by atoms with Gasteiger partial charge in [-0.25, -0.2) is 4.63 Å². The van der Waals surface area contributed by atoms with Crippen LogP contribution < -0.4 is 15.0 Å². The maximum atomic E-state index is 12.3. The fraction of sp³-hybridized carbons (Fsp3) is 0.316. The molecule has 1 aliphatic heterocycles. The lowest BCUT2D eigenvalue weighted by Crippen LogP contribution is -2.36. The third kappa shape index (κ3) is 3.85. The fourth-order valence-electron chi connectivity index (χ4n) is 3.05. The molecule has 0 aliphatic carbocycles. The van der Waals surface area contributed by atoms with Crippen LogP contribution in [0.3, 0.4) is 0 Å². The molecular formula is C19H20N4O4. The van der Waals surface area contributed by atoms with Gasteiger partial charge in [0, 0.05) is 13.1 Å². The van der Waals surface area contributed by atoms with Gasteiger partial charge in [-0.2, -0.15) is 0 Å². The van der Waals surface area contributed by atoms with Crippen LogP contribution in [0.15, 0.2) is 41.0 Å². The zero-order valence-electron chi connectivity index (χ0n) is 15.0. The summed E-state index contributed by atoms with van der Waals surface area (Å²) in [5, 5.41) is 10.8. The van der Waals surface area contributed by atoms with Crippen molar-refractivity contribution in [3.8, 4) is 5.75 Å². The van der Waals surface area contributed by atoms with E-state index in [1.54, 1.807) is 0 Å². The van der Waals surface area contributed by atoms with Crippen LogP contribution in [0.2, 0.25) is 0 Å². The first-order valence-electron chi connectivity index (χ1n) is 8.78. The first-order valence-corrected chi connectivity index (χ1v) is 8.78. The van der Waals surface area contributed by atoms with Crippen molar-refractivity contribution < 1.29 is 18.9 Å². The second-order valence-electron chi connectivity index (χ2n) is 6.35. The number of morpholine rings is 1. The smallest absolute Gasteiger partial charge is 0.262 e. The van der Waals surface area contributed by atoms with Gasteiger partial charge in [0.05, 0.1) is 24.6 Å². The van der Waals surface area contributed by atoms with Crippen molar-refractivity contribution in [1.29, 1.82) is 0 Å². The largest absolute Gasteiger partial charge is 0.484 e. The molecule has 8 nitrogen and oxygen atoms in total. The van der Waals surface area contributed by atoms with E-state index in [1.807, 2.05) is 43.3 Å². The number of fused-ring (bicyclic) bond motifs is 1. The number of amides is 1. The van der Waals surface area contributed by atoms with Crippen LogP contribution in [0, 0.1) is 6.92 Å². The van der Waals surface area contributed by atoms with Crippen molar-refractivity contribution in [2.24, 2.45) is 0 Å². The predicted molar refractivity (Wildman–Crippen MR) is 100 cm³/mol. The van der Waals surface area contributed by atoms with Gasteiger partial charge in [-0.15, -0.1) is 0 Å². The summed E-state index contributed by atoms with van der Waals surface area (Å²) in [7, 11) is 0. The number of rotatable bonds is 5. The topological polar surface area (TPSA) is 89.7 Å². The third-order valence-electron chi connectivity index (χ3n) is 4.38. The van der Waals surface area contributed by atoms with Crippen LogP contribution in [-0.2, 0) is 9.53 Å². The van der Waals surface area contributed by atoms with Gasteiger partial charge in [-0.05, 0) is 47.1 Å². The Hall–Kier alpha value is -3.13. The van der Waals surface area contributed by atoms with E-state index in [0.717, 1.165) is 24.3 Å². The molecule has 0 radical (unpaired) electrons. The van der Waals surface area contributed by atoms with E-state index in [4.69, 9.17) is 14.1 Å². The molecule has 140 valence electrons. The molecular weight excluding hydrogens is 348 g/mol. The molecule has 0 saturated carbocycles. The Morgan fingerprint density at radius 3 is 2.81 bits per heavy atom. The van der Waals surface area contributed by atoms with Crippen molar-refractivity contribution >= 4 is 28.3 Å². The van der Waals surface area contributed by atoms with Crippen LogP contribution in [0.1, 0.15) is 5.56 Å². The number of aryl methyl sites for hydroxylation is 1. The Kier molecular flexibility index (Phi) is 4.88. The molecule has 1 aromatic heterocycles. The Morgan fingerprint density at radius 2 is 2.00 bits per heavy atom. The SMILES string of the molecule is Cc1cccc(OCC(=O)Nc2ccc(N3CCOCC3)c3nonc23)c1. The first kappa shape index (κ1) is 17.3. The highest BCUT2D eigenvalue weighted by atomic mass is 16.6. The molecule has 0 bridgehead atoms. The number of benzene rings is 2. The third-order valence-corrected chi connectivity index (χ3v) is 4.38. The lowest BCUT2D eigenvalue weighted by molar-refractivity contribution is -0.118. The summed E-state index contributed by atoms with van der Waals surface area (Å²) in [6, 6.07) is 11.3. The van der Waals surface area contributed by atoms with Crippen LogP contribution in [-0.4, -0.2) is 49.1 Å². The maximum absolute atomic E-state index is 12.3. The molecule has 1 N–H and O–H groups in total.